The number of rotatable bonds is 11. The maximum absolute atomic E-state index is 13.3. The van der Waals surface area contributed by atoms with Crippen LogP contribution in [0.3, 0.4) is 0 Å². The molecule has 40 heavy (non-hydrogen) atoms. The van der Waals surface area contributed by atoms with E-state index in [2.05, 4.69) is 0 Å². The van der Waals surface area contributed by atoms with Crippen LogP contribution in [0.1, 0.15) is 37.8 Å². The molecule has 0 aliphatic carbocycles. The van der Waals surface area contributed by atoms with Crippen molar-refractivity contribution in [1.29, 1.82) is 10.8 Å². The Morgan fingerprint density at radius 1 is 1.18 bits per heavy atom. The molecule has 2 aromatic carbocycles. The second-order valence-corrected chi connectivity index (χ2v) is 11.9. The predicted octanol–water partition coefficient (Wildman–Crippen LogP) is 4.53. The highest BCUT2D eigenvalue weighted by atomic mass is 35.5. The van der Waals surface area contributed by atoms with Crippen molar-refractivity contribution < 1.29 is 22.7 Å². The first-order chi connectivity index (χ1) is 18.9. The number of carbonyl (C=O) groups excluding carboxylic acids is 1. The number of hydrogen-bond donors (Lipinski definition) is 3. The number of nitrogens with one attached hydrogen (secondary N) is 2. The van der Waals surface area contributed by atoms with Gasteiger partial charge in [0.15, 0.2) is 11.5 Å². The van der Waals surface area contributed by atoms with Crippen LogP contribution >= 0.6 is 23.2 Å². The predicted molar refractivity (Wildman–Crippen MR) is 159 cm³/mol. The molecule has 0 spiro atoms. The molecular weight excluding hydrogens is 577 g/mol. The van der Waals surface area contributed by atoms with Crippen LogP contribution in [0.5, 0.6) is 5.75 Å². The molecule has 0 aromatic heterocycles. The topological polar surface area (TPSA) is 150 Å². The summed E-state index contributed by atoms with van der Waals surface area (Å²) in [5, 5.41) is 15.7. The Labute approximate surface area is 244 Å². The van der Waals surface area contributed by atoms with Gasteiger partial charge in [-0.2, -0.15) is 0 Å². The largest absolute Gasteiger partial charge is 0.487 e. The zero-order valence-electron chi connectivity index (χ0n) is 22.3. The number of hydrogen-bond acceptors (Lipinski definition) is 7. The number of likely N-dealkylation sites (tertiary alicyclic amines) is 1. The first-order valence-electron chi connectivity index (χ1n) is 12.6. The second-order valence-electron chi connectivity index (χ2n) is 9.16. The molecule has 0 amide bonds. The van der Waals surface area contributed by atoms with E-state index in [1.54, 1.807) is 50.3 Å². The van der Waals surface area contributed by atoms with Crippen LogP contribution in [0, 0.1) is 10.8 Å². The first kappa shape index (κ1) is 31.3. The Morgan fingerprint density at radius 2 is 1.82 bits per heavy atom. The van der Waals surface area contributed by atoms with E-state index in [0.717, 1.165) is 4.31 Å². The third kappa shape index (κ3) is 8.36. The fraction of sp³-hybridized carbons (Fsp3) is 0.370. The van der Waals surface area contributed by atoms with E-state index in [-0.39, 0.29) is 46.6 Å². The Kier molecular flexibility index (Phi) is 10.8. The smallest absolute Gasteiger partial charge is 0.323 e. The maximum atomic E-state index is 13.3. The monoisotopic (exact) mass is 609 g/mol. The average molecular weight is 611 g/mol. The number of esters is 1. The van der Waals surface area contributed by atoms with Crippen LogP contribution in [-0.4, -0.2) is 69.1 Å². The minimum Gasteiger partial charge on any atom is -0.487 e. The minimum absolute atomic E-state index is 0.0444. The van der Waals surface area contributed by atoms with Crippen LogP contribution < -0.4 is 14.8 Å². The van der Waals surface area contributed by atoms with Gasteiger partial charge in [0.1, 0.15) is 11.9 Å². The molecule has 2 aromatic rings. The number of halogens is 2. The van der Waals surface area contributed by atoms with Gasteiger partial charge in [-0.25, -0.2) is 8.42 Å². The molecule has 216 valence electrons. The summed E-state index contributed by atoms with van der Waals surface area (Å²) in [4.78, 5) is 14.1. The number of sulfonamides is 1. The molecule has 4 N–H and O–H groups in total. The number of ether oxygens (including phenoxy) is 2. The summed E-state index contributed by atoms with van der Waals surface area (Å²) in [6, 6.07) is 9.79. The number of nitrogens with two attached hydrogens (primary N) is 1. The third-order valence-electron chi connectivity index (χ3n) is 6.19. The van der Waals surface area contributed by atoms with E-state index in [0.29, 0.717) is 42.9 Å². The quantitative estimate of drug-likeness (QED) is 0.192. The average Bonchev–Trinajstić information content (AvgIpc) is 2.88. The lowest BCUT2D eigenvalue weighted by atomic mass is 10.1. The van der Waals surface area contributed by atoms with Crippen molar-refractivity contribution >= 4 is 62.6 Å². The Bertz CT molecular complexity index is 1370. The molecule has 0 saturated carbocycles. The van der Waals surface area contributed by atoms with Crippen molar-refractivity contribution in [3.8, 4) is 5.75 Å². The van der Waals surface area contributed by atoms with E-state index >= 15 is 0 Å². The van der Waals surface area contributed by atoms with Crippen LogP contribution in [0.15, 0.2) is 42.5 Å². The molecule has 13 heteroatoms. The van der Waals surface area contributed by atoms with Crippen LogP contribution in [0.4, 0.5) is 5.69 Å². The number of piperidine rings is 1. The molecule has 1 aliphatic rings. The van der Waals surface area contributed by atoms with Crippen molar-refractivity contribution in [2.75, 3.05) is 36.3 Å². The maximum Gasteiger partial charge on any atom is 0.323 e. The molecule has 1 fully saturated rings. The number of anilines is 1. The molecule has 1 saturated heterocycles. The normalized spacial score (nSPS) is 14.2. The molecule has 1 heterocycles. The second kappa shape index (κ2) is 13.9. The van der Waals surface area contributed by atoms with Gasteiger partial charge >= 0.3 is 5.97 Å². The lowest BCUT2D eigenvalue weighted by Crippen LogP contribution is -2.40. The van der Waals surface area contributed by atoms with Gasteiger partial charge in [-0.05, 0) is 37.6 Å². The van der Waals surface area contributed by atoms with Crippen LogP contribution in [0.2, 0.25) is 10.0 Å². The van der Waals surface area contributed by atoms with Gasteiger partial charge in [0.2, 0.25) is 10.0 Å². The highest BCUT2D eigenvalue weighted by Crippen LogP contribution is 2.39. The molecular formula is C27H33Cl2N5O5S. The first-order valence-corrected chi connectivity index (χ1v) is 15.0. The standard InChI is InChI=1S/C27H33Cl2N5O5S/c1-3-38-25(35)17-40(36,37)34(11-5-7-19-6-4-8-20(14-19)27(31)32)21-15-23(28)26(24(29)16-21)39-22-9-12-33(13-10-22)18(2)30/h4-8,14-16,22,30H,3,9-13,17H2,1-2H3,(H3,31,32)/b7-5+,30-18?. The Morgan fingerprint density at radius 3 is 2.40 bits per heavy atom. The van der Waals surface area contributed by atoms with Gasteiger partial charge in [-0.15, -0.1) is 0 Å². The number of benzene rings is 2. The molecule has 1 aliphatic heterocycles. The van der Waals surface area contributed by atoms with E-state index in [9.17, 15) is 13.2 Å². The van der Waals surface area contributed by atoms with Gasteiger partial charge in [-0.3, -0.25) is 19.9 Å². The van der Waals surface area contributed by atoms with Gasteiger partial charge in [-0.1, -0.05) is 53.6 Å². The summed E-state index contributed by atoms with van der Waals surface area (Å²) in [6.07, 6.45) is 4.49. The van der Waals surface area contributed by atoms with E-state index < -0.39 is 21.7 Å². The van der Waals surface area contributed by atoms with Crippen molar-refractivity contribution in [1.82, 2.24) is 4.90 Å². The summed E-state index contributed by atoms with van der Waals surface area (Å²) < 4.78 is 38.6. The number of nitrogens with zero attached hydrogens (tertiary/aromatic N) is 2. The van der Waals surface area contributed by atoms with Gasteiger partial charge < -0.3 is 20.1 Å². The fourth-order valence-electron chi connectivity index (χ4n) is 4.18. The lowest BCUT2D eigenvalue weighted by Gasteiger charge is -2.33. The molecule has 0 unspecified atom stereocenters. The van der Waals surface area contributed by atoms with Crippen LogP contribution in [0.25, 0.3) is 6.08 Å². The van der Waals surface area contributed by atoms with Crippen molar-refractivity contribution in [3.63, 3.8) is 0 Å². The molecule has 0 bridgehead atoms. The van der Waals surface area contributed by atoms with Crippen molar-refractivity contribution in [2.24, 2.45) is 5.73 Å². The highest BCUT2D eigenvalue weighted by Gasteiger charge is 2.28. The SMILES string of the molecule is CCOC(=O)CS(=O)(=O)N(C/C=C/c1cccc(C(=N)N)c1)c1cc(Cl)c(OC2CCN(C(C)=N)CC2)c(Cl)c1. The van der Waals surface area contributed by atoms with E-state index in [1.807, 2.05) is 4.90 Å². The summed E-state index contributed by atoms with van der Waals surface area (Å²) in [5.41, 5.74) is 6.96. The van der Waals surface area contributed by atoms with E-state index in [1.165, 1.54) is 12.1 Å². The van der Waals surface area contributed by atoms with Crippen LogP contribution in [-0.2, 0) is 19.6 Å². The lowest BCUT2D eigenvalue weighted by molar-refractivity contribution is -0.139. The molecule has 0 radical (unpaired) electrons. The van der Waals surface area contributed by atoms with Crippen molar-refractivity contribution in [3.05, 3.63) is 63.6 Å². The molecule has 10 nitrogen and oxygen atoms in total. The Balaban J connectivity index is 1.87. The van der Waals surface area contributed by atoms with Gasteiger partial charge in [0.25, 0.3) is 0 Å². The summed E-state index contributed by atoms with van der Waals surface area (Å²) in [5.74, 6) is -1.09. The summed E-state index contributed by atoms with van der Waals surface area (Å²) in [7, 11) is -4.19. The Hall–Kier alpha value is -3.28. The number of amidine groups is 2. The van der Waals surface area contributed by atoms with E-state index in [4.69, 9.17) is 49.2 Å². The number of nitrogen functional groups attached to an aromatic ring is 1. The highest BCUT2D eigenvalue weighted by molar-refractivity contribution is 7.93. The van der Waals surface area contributed by atoms with Gasteiger partial charge in [0.05, 0.1) is 34.7 Å². The summed E-state index contributed by atoms with van der Waals surface area (Å²) in [6.45, 7) is 4.59. The summed E-state index contributed by atoms with van der Waals surface area (Å²) >= 11 is 13.1. The zero-order valence-corrected chi connectivity index (χ0v) is 24.7. The third-order valence-corrected chi connectivity index (χ3v) is 8.39. The minimum atomic E-state index is -4.19. The molecule has 0 atom stereocenters. The van der Waals surface area contributed by atoms with Gasteiger partial charge in [0, 0.05) is 31.5 Å². The zero-order chi connectivity index (χ0) is 29.4. The number of carbonyl (C=O) groups is 1. The fourth-order valence-corrected chi connectivity index (χ4v) is 6.02. The molecule has 3 rings (SSSR count). The van der Waals surface area contributed by atoms with Crippen molar-refractivity contribution in [2.45, 2.75) is 32.8 Å².